The summed E-state index contributed by atoms with van der Waals surface area (Å²) in [6.07, 6.45) is 0.325. The minimum Gasteiger partial charge on any atom is -0.461 e. The van der Waals surface area contributed by atoms with Crippen molar-refractivity contribution in [2.24, 2.45) is 0 Å². The second kappa shape index (κ2) is 5.97. The van der Waals surface area contributed by atoms with Crippen molar-refractivity contribution < 1.29 is 14.3 Å². The highest BCUT2D eigenvalue weighted by Crippen LogP contribution is 2.17. The van der Waals surface area contributed by atoms with Crippen LogP contribution in [-0.2, 0) is 9.47 Å². The summed E-state index contributed by atoms with van der Waals surface area (Å²) >= 11 is 0. The minimum absolute atomic E-state index is 0.162. The number of aromatic nitrogens is 2. The van der Waals surface area contributed by atoms with E-state index in [-0.39, 0.29) is 17.9 Å². The molecule has 0 N–H and O–H groups in total. The smallest absolute Gasteiger partial charge is 0.358 e. The van der Waals surface area contributed by atoms with Crippen molar-refractivity contribution in [3.63, 3.8) is 0 Å². The second-order valence-corrected chi connectivity index (χ2v) is 4.66. The van der Waals surface area contributed by atoms with Crippen LogP contribution in [0.3, 0.4) is 0 Å². The van der Waals surface area contributed by atoms with Gasteiger partial charge in [-0.25, -0.2) is 4.79 Å². The van der Waals surface area contributed by atoms with Crippen LogP contribution in [0.4, 0.5) is 5.82 Å². The Morgan fingerprint density at radius 1 is 1.37 bits per heavy atom. The SMILES string of the molecule is CCOC(=O)c1ccc(N2CC(C)OC(C)C2)nn1. The zero-order chi connectivity index (χ0) is 13.8. The number of ether oxygens (including phenoxy) is 2. The molecule has 1 aliphatic rings. The van der Waals surface area contributed by atoms with Gasteiger partial charge in [0.25, 0.3) is 0 Å². The molecule has 6 heteroatoms. The molecule has 0 saturated carbocycles. The Morgan fingerprint density at radius 3 is 2.58 bits per heavy atom. The summed E-state index contributed by atoms with van der Waals surface area (Å²) in [5.74, 6) is 0.320. The lowest BCUT2D eigenvalue weighted by Gasteiger charge is -2.35. The summed E-state index contributed by atoms with van der Waals surface area (Å²) in [4.78, 5) is 13.6. The van der Waals surface area contributed by atoms with Gasteiger partial charge < -0.3 is 14.4 Å². The van der Waals surface area contributed by atoms with Gasteiger partial charge in [-0.1, -0.05) is 0 Å². The first kappa shape index (κ1) is 13.7. The van der Waals surface area contributed by atoms with Crippen LogP contribution >= 0.6 is 0 Å². The molecular weight excluding hydrogens is 246 g/mol. The summed E-state index contributed by atoms with van der Waals surface area (Å²) in [6.45, 7) is 7.71. The fraction of sp³-hybridized carbons (Fsp3) is 0.615. The molecule has 0 spiro atoms. The van der Waals surface area contributed by atoms with Gasteiger partial charge in [0.2, 0.25) is 0 Å². The predicted molar refractivity (Wildman–Crippen MR) is 70.2 cm³/mol. The van der Waals surface area contributed by atoms with Crippen molar-refractivity contribution in [1.29, 1.82) is 0 Å². The molecule has 0 aromatic carbocycles. The zero-order valence-electron chi connectivity index (χ0n) is 11.5. The van der Waals surface area contributed by atoms with Crippen LogP contribution in [0.15, 0.2) is 12.1 Å². The third-order valence-corrected chi connectivity index (χ3v) is 2.88. The molecule has 2 unspecified atom stereocenters. The van der Waals surface area contributed by atoms with Crippen molar-refractivity contribution in [2.45, 2.75) is 33.0 Å². The molecular formula is C13H19N3O3. The van der Waals surface area contributed by atoms with E-state index in [4.69, 9.17) is 9.47 Å². The van der Waals surface area contributed by atoms with Crippen molar-refractivity contribution in [3.05, 3.63) is 17.8 Å². The summed E-state index contributed by atoms with van der Waals surface area (Å²) in [7, 11) is 0. The summed E-state index contributed by atoms with van der Waals surface area (Å²) in [6, 6.07) is 3.44. The Kier molecular flexibility index (Phi) is 4.31. The number of carbonyl (C=O) groups is 1. The Balaban J connectivity index is 2.07. The van der Waals surface area contributed by atoms with Crippen LogP contribution in [0, 0.1) is 0 Å². The van der Waals surface area contributed by atoms with Crippen LogP contribution in [0.25, 0.3) is 0 Å². The maximum atomic E-state index is 11.5. The monoisotopic (exact) mass is 265 g/mol. The molecule has 104 valence electrons. The average molecular weight is 265 g/mol. The molecule has 0 amide bonds. The highest BCUT2D eigenvalue weighted by molar-refractivity contribution is 5.87. The first-order valence-electron chi connectivity index (χ1n) is 6.51. The first-order chi connectivity index (χ1) is 9.10. The summed E-state index contributed by atoms with van der Waals surface area (Å²) in [5.41, 5.74) is 0.236. The number of rotatable bonds is 3. The predicted octanol–water partition coefficient (Wildman–Crippen LogP) is 1.27. The molecule has 6 nitrogen and oxygen atoms in total. The maximum absolute atomic E-state index is 11.5. The van der Waals surface area contributed by atoms with E-state index < -0.39 is 5.97 Å². The molecule has 1 fully saturated rings. The van der Waals surface area contributed by atoms with Crippen molar-refractivity contribution >= 4 is 11.8 Å². The number of carbonyl (C=O) groups excluding carboxylic acids is 1. The summed E-state index contributed by atoms with van der Waals surface area (Å²) < 4.78 is 10.5. The molecule has 1 aliphatic heterocycles. The van der Waals surface area contributed by atoms with Gasteiger partial charge in [0, 0.05) is 13.1 Å². The highest BCUT2D eigenvalue weighted by atomic mass is 16.5. The molecule has 2 heterocycles. The van der Waals surface area contributed by atoms with E-state index in [2.05, 4.69) is 15.1 Å². The van der Waals surface area contributed by atoms with E-state index >= 15 is 0 Å². The van der Waals surface area contributed by atoms with Gasteiger partial charge in [-0.3, -0.25) is 0 Å². The standard InChI is InChI=1S/C13H19N3O3/c1-4-18-13(17)11-5-6-12(15-14-11)16-7-9(2)19-10(3)8-16/h5-6,9-10H,4,7-8H2,1-3H3. The number of esters is 1. The number of hydrogen-bond acceptors (Lipinski definition) is 6. The lowest BCUT2D eigenvalue weighted by molar-refractivity contribution is -0.00552. The average Bonchev–Trinajstić information content (AvgIpc) is 2.38. The van der Waals surface area contributed by atoms with Gasteiger partial charge >= 0.3 is 5.97 Å². The van der Waals surface area contributed by atoms with Gasteiger partial charge in [0.15, 0.2) is 11.5 Å². The molecule has 0 aliphatic carbocycles. The first-order valence-corrected chi connectivity index (χ1v) is 6.51. The van der Waals surface area contributed by atoms with Gasteiger partial charge in [0.1, 0.15) is 0 Å². The van der Waals surface area contributed by atoms with Crippen molar-refractivity contribution in [2.75, 3.05) is 24.6 Å². The zero-order valence-corrected chi connectivity index (χ0v) is 11.5. The second-order valence-electron chi connectivity index (χ2n) is 4.66. The van der Waals surface area contributed by atoms with Gasteiger partial charge in [-0.05, 0) is 32.9 Å². The quantitative estimate of drug-likeness (QED) is 0.767. The maximum Gasteiger partial charge on any atom is 0.358 e. The van der Waals surface area contributed by atoms with Crippen molar-refractivity contribution in [1.82, 2.24) is 10.2 Å². The van der Waals surface area contributed by atoms with Gasteiger partial charge in [-0.2, -0.15) is 0 Å². The fourth-order valence-electron chi connectivity index (χ4n) is 2.17. The number of hydrogen-bond donors (Lipinski definition) is 0. The Labute approximate surface area is 112 Å². The lowest BCUT2D eigenvalue weighted by Crippen LogP contribution is -2.45. The van der Waals surface area contributed by atoms with E-state index in [9.17, 15) is 4.79 Å². The number of nitrogens with zero attached hydrogens (tertiary/aromatic N) is 3. The normalized spacial score (nSPS) is 23.2. The van der Waals surface area contributed by atoms with E-state index in [1.807, 2.05) is 13.8 Å². The van der Waals surface area contributed by atoms with Crippen LogP contribution in [0.1, 0.15) is 31.3 Å². The van der Waals surface area contributed by atoms with Gasteiger partial charge in [0.05, 0.1) is 18.8 Å². The van der Waals surface area contributed by atoms with Crippen LogP contribution < -0.4 is 4.90 Å². The van der Waals surface area contributed by atoms with Crippen LogP contribution in [-0.4, -0.2) is 48.1 Å². The largest absolute Gasteiger partial charge is 0.461 e. The van der Waals surface area contributed by atoms with Crippen LogP contribution in [0.2, 0.25) is 0 Å². The van der Waals surface area contributed by atoms with E-state index in [1.54, 1.807) is 19.1 Å². The minimum atomic E-state index is -0.440. The molecule has 2 rings (SSSR count). The molecule has 1 saturated heterocycles. The molecule has 0 radical (unpaired) electrons. The molecule has 0 bridgehead atoms. The van der Waals surface area contributed by atoms with E-state index in [1.165, 1.54) is 0 Å². The third kappa shape index (κ3) is 3.41. The third-order valence-electron chi connectivity index (χ3n) is 2.88. The molecule has 1 aromatic rings. The molecule has 2 atom stereocenters. The lowest BCUT2D eigenvalue weighted by atomic mass is 10.2. The van der Waals surface area contributed by atoms with Crippen molar-refractivity contribution in [3.8, 4) is 0 Å². The van der Waals surface area contributed by atoms with E-state index in [0.29, 0.717) is 6.61 Å². The summed E-state index contributed by atoms with van der Waals surface area (Å²) in [5, 5.41) is 8.01. The highest BCUT2D eigenvalue weighted by Gasteiger charge is 2.23. The molecule has 19 heavy (non-hydrogen) atoms. The number of morpholine rings is 1. The number of anilines is 1. The van der Waals surface area contributed by atoms with Crippen LogP contribution in [0.5, 0.6) is 0 Å². The Hall–Kier alpha value is -1.69. The van der Waals surface area contributed by atoms with E-state index in [0.717, 1.165) is 18.9 Å². The molecule has 1 aromatic heterocycles. The Bertz CT molecular complexity index is 425. The fourth-order valence-corrected chi connectivity index (χ4v) is 2.17. The Morgan fingerprint density at radius 2 is 2.05 bits per heavy atom. The topological polar surface area (TPSA) is 64.5 Å². The van der Waals surface area contributed by atoms with Gasteiger partial charge in [-0.15, -0.1) is 10.2 Å².